The van der Waals surface area contributed by atoms with Gasteiger partial charge in [0.1, 0.15) is 0 Å². The predicted molar refractivity (Wildman–Crippen MR) is 88.3 cm³/mol. The topological polar surface area (TPSA) is 79.4 Å². The van der Waals surface area contributed by atoms with Crippen molar-refractivity contribution in [2.75, 3.05) is 26.2 Å². The van der Waals surface area contributed by atoms with Crippen LogP contribution in [-0.2, 0) is 13.1 Å². The molecule has 3 rings (SSSR count). The zero-order valence-corrected chi connectivity index (χ0v) is 14.2. The Morgan fingerprint density at radius 2 is 2.17 bits per heavy atom. The number of carbonyl (C=O) groups is 1. The molecule has 8 heteroatoms. The molecule has 8 nitrogen and oxygen atoms in total. The zero-order valence-electron chi connectivity index (χ0n) is 14.2. The Labute approximate surface area is 141 Å². The number of piperazine rings is 1. The van der Waals surface area contributed by atoms with Crippen molar-refractivity contribution in [1.29, 1.82) is 0 Å². The third-order valence-electron chi connectivity index (χ3n) is 4.13. The highest BCUT2D eigenvalue weighted by Crippen LogP contribution is 2.10. The Morgan fingerprint density at radius 1 is 1.38 bits per heavy atom. The SMILES string of the molecule is Cc1cc(CN2CCN(C(=O)NC(C)Cn3ccnc3)CC2)on1. The quantitative estimate of drug-likeness (QED) is 0.887. The van der Waals surface area contributed by atoms with Crippen LogP contribution in [0.2, 0.25) is 0 Å². The molecule has 3 heterocycles. The van der Waals surface area contributed by atoms with Gasteiger partial charge in [-0.25, -0.2) is 9.78 Å². The van der Waals surface area contributed by atoms with E-state index in [2.05, 4.69) is 20.4 Å². The Hall–Kier alpha value is -2.35. The minimum Gasteiger partial charge on any atom is -0.360 e. The van der Waals surface area contributed by atoms with Gasteiger partial charge in [-0.2, -0.15) is 0 Å². The van der Waals surface area contributed by atoms with E-state index >= 15 is 0 Å². The number of aryl methyl sites for hydroxylation is 1. The van der Waals surface area contributed by atoms with E-state index in [0.717, 1.165) is 50.7 Å². The molecule has 1 N–H and O–H groups in total. The van der Waals surface area contributed by atoms with Crippen LogP contribution in [-0.4, -0.2) is 62.8 Å². The van der Waals surface area contributed by atoms with Gasteiger partial charge in [0.15, 0.2) is 5.76 Å². The van der Waals surface area contributed by atoms with Gasteiger partial charge in [0.05, 0.1) is 18.6 Å². The molecule has 2 aromatic rings. The molecule has 2 amide bonds. The first-order valence-electron chi connectivity index (χ1n) is 8.26. The van der Waals surface area contributed by atoms with Crippen molar-refractivity contribution in [1.82, 2.24) is 29.8 Å². The summed E-state index contributed by atoms with van der Waals surface area (Å²) in [5.41, 5.74) is 0.898. The lowest BCUT2D eigenvalue weighted by molar-refractivity contribution is 0.126. The molecule has 2 aromatic heterocycles. The first kappa shape index (κ1) is 16.5. The monoisotopic (exact) mass is 332 g/mol. The number of urea groups is 1. The number of aromatic nitrogens is 3. The maximum Gasteiger partial charge on any atom is 0.317 e. The van der Waals surface area contributed by atoms with E-state index in [1.165, 1.54) is 0 Å². The van der Waals surface area contributed by atoms with Crippen molar-refractivity contribution in [3.63, 3.8) is 0 Å². The summed E-state index contributed by atoms with van der Waals surface area (Å²) in [5, 5.41) is 6.95. The number of imidazole rings is 1. The van der Waals surface area contributed by atoms with Gasteiger partial charge in [0.2, 0.25) is 0 Å². The Balaban J connectivity index is 1.41. The van der Waals surface area contributed by atoms with Gasteiger partial charge >= 0.3 is 6.03 Å². The standard InChI is InChI=1S/C16H24N6O2/c1-13-9-15(24-19-13)11-20-5-7-22(8-6-20)16(23)18-14(2)10-21-4-3-17-12-21/h3-4,9,12,14H,5-8,10-11H2,1-2H3,(H,18,23). The summed E-state index contributed by atoms with van der Waals surface area (Å²) in [6.45, 7) is 8.49. The van der Waals surface area contributed by atoms with Crippen LogP contribution in [0.15, 0.2) is 29.3 Å². The number of hydrogen-bond acceptors (Lipinski definition) is 5. The lowest BCUT2D eigenvalue weighted by Gasteiger charge is -2.34. The minimum absolute atomic E-state index is 0.00206. The minimum atomic E-state index is -0.00206. The Bertz CT molecular complexity index is 645. The fourth-order valence-electron chi connectivity index (χ4n) is 2.88. The summed E-state index contributed by atoms with van der Waals surface area (Å²) in [4.78, 5) is 20.5. The molecule has 0 aliphatic carbocycles. The number of carbonyl (C=O) groups excluding carboxylic acids is 1. The predicted octanol–water partition coefficient (Wildman–Crippen LogP) is 1.10. The van der Waals surface area contributed by atoms with Crippen LogP contribution in [0, 0.1) is 6.92 Å². The van der Waals surface area contributed by atoms with E-state index in [1.54, 1.807) is 12.5 Å². The van der Waals surface area contributed by atoms with Gasteiger partial charge in [0.25, 0.3) is 0 Å². The summed E-state index contributed by atoms with van der Waals surface area (Å²) in [6.07, 6.45) is 5.39. The molecule has 24 heavy (non-hydrogen) atoms. The molecule has 1 unspecified atom stereocenters. The maximum absolute atomic E-state index is 12.3. The molecule has 1 aliphatic heterocycles. The number of hydrogen-bond donors (Lipinski definition) is 1. The van der Waals surface area contributed by atoms with E-state index in [-0.39, 0.29) is 12.1 Å². The molecule has 1 atom stereocenters. The van der Waals surface area contributed by atoms with E-state index in [1.807, 2.05) is 35.6 Å². The lowest BCUT2D eigenvalue weighted by Crippen LogP contribution is -2.53. The van der Waals surface area contributed by atoms with Gasteiger partial charge in [-0.1, -0.05) is 5.16 Å². The van der Waals surface area contributed by atoms with E-state index < -0.39 is 0 Å². The Morgan fingerprint density at radius 3 is 2.79 bits per heavy atom. The lowest BCUT2D eigenvalue weighted by atomic mass is 10.3. The van der Waals surface area contributed by atoms with Crippen molar-refractivity contribution in [3.05, 3.63) is 36.2 Å². The molecular formula is C16H24N6O2. The van der Waals surface area contributed by atoms with Crippen molar-refractivity contribution in [2.24, 2.45) is 0 Å². The van der Waals surface area contributed by atoms with Crippen LogP contribution in [0.25, 0.3) is 0 Å². The molecule has 0 bridgehead atoms. The summed E-state index contributed by atoms with van der Waals surface area (Å²) in [5.74, 6) is 0.874. The van der Waals surface area contributed by atoms with Gasteiger partial charge in [0, 0.05) is 57.2 Å². The van der Waals surface area contributed by atoms with Gasteiger partial charge in [-0.05, 0) is 13.8 Å². The third-order valence-corrected chi connectivity index (χ3v) is 4.13. The zero-order chi connectivity index (χ0) is 16.9. The van der Waals surface area contributed by atoms with Crippen LogP contribution in [0.1, 0.15) is 18.4 Å². The second-order valence-electron chi connectivity index (χ2n) is 6.31. The largest absolute Gasteiger partial charge is 0.360 e. The molecule has 1 aliphatic rings. The average molecular weight is 332 g/mol. The van der Waals surface area contributed by atoms with Crippen LogP contribution in [0.5, 0.6) is 0 Å². The van der Waals surface area contributed by atoms with E-state index in [4.69, 9.17) is 4.52 Å². The van der Waals surface area contributed by atoms with Gasteiger partial charge < -0.3 is 19.3 Å². The number of nitrogens with zero attached hydrogens (tertiary/aromatic N) is 5. The van der Waals surface area contributed by atoms with Crippen LogP contribution in [0.3, 0.4) is 0 Å². The highest BCUT2D eigenvalue weighted by atomic mass is 16.5. The molecule has 0 saturated carbocycles. The van der Waals surface area contributed by atoms with E-state index in [9.17, 15) is 4.79 Å². The molecule has 0 spiro atoms. The van der Waals surface area contributed by atoms with Crippen molar-refractivity contribution in [3.8, 4) is 0 Å². The first-order valence-corrected chi connectivity index (χ1v) is 8.26. The summed E-state index contributed by atoms with van der Waals surface area (Å²) in [7, 11) is 0. The highest BCUT2D eigenvalue weighted by Gasteiger charge is 2.22. The van der Waals surface area contributed by atoms with E-state index in [0.29, 0.717) is 0 Å². The van der Waals surface area contributed by atoms with Crippen LogP contribution < -0.4 is 5.32 Å². The summed E-state index contributed by atoms with van der Waals surface area (Å²) in [6, 6.07) is 2.01. The first-order chi connectivity index (χ1) is 11.6. The molecule has 1 saturated heterocycles. The normalized spacial score (nSPS) is 17.0. The number of amides is 2. The number of nitrogens with one attached hydrogen (secondary N) is 1. The van der Waals surface area contributed by atoms with Crippen LogP contribution in [0.4, 0.5) is 4.79 Å². The molecule has 130 valence electrons. The highest BCUT2D eigenvalue weighted by molar-refractivity contribution is 5.74. The summed E-state index contributed by atoms with van der Waals surface area (Å²) < 4.78 is 7.21. The number of rotatable bonds is 5. The van der Waals surface area contributed by atoms with Crippen molar-refractivity contribution in [2.45, 2.75) is 33.0 Å². The second kappa shape index (κ2) is 7.48. The second-order valence-corrected chi connectivity index (χ2v) is 6.31. The molecule has 1 fully saturated rings. The Kier molecular flexibility index (Phi) is 5.14. The molecular weight excluding hydrogens is 308 g/mol. The smallest absolute Gasteiger partial charge is 0.317 e. The van der Waals surface area contributed by atoms with Crippen molar-refractivity contribution >= 4 is 6.03 Å². The summed E-state index contributed by atoms with van der Waals surface area (Å²) >= 11 is 0. The van der Waals surface area contributed by atoms with Crippen molar-refractivity contribution < 1.29 is 9.32 Å². The van der Waals surface area contributed by atoms with Gasteiger partial charge in [-0.3, -0.25) is 4.90 Å². The van der Waals surface area contributed by atoms with Crippen LogP contribution >= 0.6 is 0 Å². The fraction of sp³-hybridized carbons (Fsp3) is 0.562. The maximum atomic E-state index is 12.3. The third kappa shape index (κ3) is 4.35. The average Bonchev–Trinajstić information content (AvgIpc) is 3.20. The molecule has 0 aromatic carbocycles. The fourth-order valence-corrected chi connectivity index (χ4v) is 2.88. The van der Waals surface area contributed by atoms with Gasteiger partial charge in [-0.15, -0.1) is 0 Å². The molecule has 0 radical (unpaired) electrons.